The van der Waals surface area contributed by atoms with Gasteiger partial charge in [0, 0.05) is 18.7 Å². The van der Waals surface area contributed by atoms with E-state index >= 15 is 0 Å². The number of benzene rings is 1. The van der Waals surface area contributed by atoms with Crippen molar-refractivity contribution in [1.29, 1.82) is 0 Å². The molecule has 2 aromatic rings. The number of carbonyl (C=O) groups is 1. The zero-order chi connectivity index (χ0) is 16.1. The van der Waals surface area contributed by atoms with Crippen molar-refractivity contribution in [3.8, 4) is 5.75 Å². The number of nitrogens with one attached hydrogen (secondary N) is 2. The molecular formula is C13H14F2N4O2S. The molecule has 0 aliphatic carbocycles. The van der Waals surface area contributed by atoms with E-state index in [4.69, 9.17) is 12.2 Å². The summed E-state index contributed by atoms with van der Waals surface area (Å²) >= 11 is 5.05. The molecule has 0 saturated heterocycles. The first kappa shape index (κ1) is 16.1. The molecule has 0 atom stereocenters. The second-order valence-corrected chi connectivity index (χ2v) is 4.77. The molecule has 0 spiro atoms. The molecule has 2 rings (SSSR count). The fourth-order valence-corrected chi connectivity index (χ4v) is 2.10. The highest BCUT2D eigenvalue weighted by Gasteiger charge is 2.08. The zero-order valence-corrected chi connectivity index (χ0v) is 12.5. The van der Waals surface area contributed by atoms with Gasteiger partial charge in [-0.3, -0.25) is 9.89 Å². The fourth-order valence-electron chi connectivity index (χ4n) is 1.83. The Kier molecular flexibility index (Phi) is 5.21. The van der Waals surface area contributed by atoms with Crippen LogP contribution >= 0.6 is 12.2 Å². The van der Waals surface area contributed by atoms with Gasteiger partial charge < -0.3 is 14.6 Å². The maximum atomic E-state index is 12.0. The second-order valence-electron chi connectivity index (χ2n) is 4.39. The van der Waals surface area contributed by atoms with Crippen molar-refractivity contribution >= 4 is 18.1 Å². The van der Waals surface area contributed by atoms with E-state index in [0.29, 0.717) is 23.4 Å². The molecule has 22 heavy (non-hydrogen) atoms. The predicted octanol–water partition coefficient (Wildman–Crippen LogP) is 2.28. The molecule has 0 fully saturated rings. The molecule has 1 amide bonds. The van der Waals surface area contributed by atoms with E-state index in [2.05, 4.69) is 20.3 Å². The summed E-state index contributed by atoms with van der Waals surface area (Å²) in [5, 5.41) is 9.33. The highest BCUT2D eigenvalue weighted by Crippen LogP contribution is 2.14. The van der Waals surface area contributed by atoms with Crippen LogP contribution in [0.4, 0.5) is 8.78 Å². The van der Waals surface area contributed by atoms with Crippen molar-refractivity contribution in [2.24, 2.45) is 0 Å². The van der Waals surface area contributed by atoms with Gasteiger partial charge >= 0.3 is 6.61 Å². The lowest BCUT2D eigenvalue weighted by molar-refractivity contribution is -0.0498. The fraction of sp³-hybridized carbons (Fsp3) is 0.308. The lowest BCUT2D eigenvalue weighted by Crippen LogP contribution is -2.27. The minimum absolute atomic E-state index is 0.00637. The van der Waals surface area contributed by atoms with Gasteiger partial charge in [-0.15, -0.1) is 0 Å². The van der Waals surface area contributed by atoms with Crippen LogP contribution in [0.3, 0.4) is 0 Å². The topological polar surface area (TPSA) is 71.9 Å². The molecule has 0 unspecified atom stereocenters. The van der Waals surface area contributed by atoms with Crippen LogP contribution in [0.15, 0.2) is 24.3 Å². The lowest BCUT2D eigenvalue weighted by Gasteiger charge is -2.08. The first-order valence-corrected chi connectivity index (χ1v) is 6.83. The number of H-pyrrole nitrogens is 1. The third-order valence-corrected chi connectivity index (χ3v) is 3.22. The summed E-state index contributed by atoms with van der Waals surface area (Å²) in [5.74, 6) is 0.427. The molecule has 118 valence electrons. The minimum Gasteiger partial charge on any atom is -0.435 e. The van der Waals surface area contributed by atoms with E-state index < -0.39 is 6.61 Å². The molecule has 0 saturated carbocycles. The van der Waals surface area contributed by atoms with Gasteiger partial charge in [0.1, 0.15) is 11.6 Å². The number of alkyl halides is 2. The number of carbonyl (C=O) groups excluding carboxylic acids is 1. The Labute approximate surface area is 130 Å². The average molecular weight is 328 g/mol. The third-order valence-electron chi connectivity index (χ3n) is 2.91. The van der Waals surface area contributed by atoms with Gasteiger partial charge in [0.15, 0.2) is 4.77 Å². The molecule has 0 aliphatic heterocycles. The molecule has 2 N–H and O–H groups in total. The molecule has 6 nitrogen and oxygen atoms in total. The monoisotopic (exact) mass is 328 g/mol. The van der Waals surface area contributed by atoms with Gasteiger partial charge in [-0.1, -0.05) is 0 Å². The lowest BCUT2D eigenvalue weighted by atomic mass is 10.2. The van der Waals surface area contributed by atoms with Crippen LogP contribution in [-0.4, -0.2) is 33.8 Å². The van der Waals surface area contributed by atoms with Gasteiger partial charge in [-0.25, -0.2) is 0 Å². The predicted molar refractivity (Wildman–Crippen MR) is 77.6 cm³/mol. The number of aromatic nitrogens is 3. The van der Waals surface area contributed by atoms with Crippen molar-refractivity contribution < 1.29 is 18.3 Å². The zero-order valence-electron chi connectivity index (χ0n) is 11.7. The number of hydrogen-bond acceptors (Lipinski definition) is 4. The second kappa shape index (κ2) is 7.12. The van der Waals surface area contributed by atoms with Crippen molar-refractivity contribution in [2.45, 2.75) is 20.1 Å². The molecule has 0 aliphatic rings. The summed E-state index contributed by atoms with van der Waals surface area (Å²) < 4.78 is 30.5. The van der Waals surface area contributed by atoms with Crippen LogP contribution in [0.2, 0.25) is 0 Å². The molecular weight excluding hydrogens is 314 g/mol. The quantitative estimate of drug-likeness (QED) is 0.798. The third kappa shape index (κ3) is 4.10. The first-order valence-electron chi connectivity index (χ1n) is 6.42. The molecule has 9 heteroatoms. The number of halogens is 2. The van der Waals surface area contributed by atoms with E-state index in [1.54, 1.807) is 11.5 Å². The maximum Gasteiger partial charge on any atom is 0.387 e. The van der Waals surface area contributed by atoms with Crippen molar-refractivity contribution in [3.05, 3.63) is 40.4 Å². The van der Waals surface area contributed by atoms with Crippen LogP contribution in [0, 0.1) is 11.7 Å². The van der Waals surface area contributed by atoms with Crippen LogP contribution < -0.4 is 10.1 Å². The Hall–Kier alpha value is -2.29. The summed E-state index contributed by atoms with van der Waals surface area (Å²) in [6.07, 6.45) is 0. The number of nitrogens with zero attached hydrogens (tertiary/aromatic N) is 2. The van der Waals surface area contributed by atoms with E-state index in [9.17, 15) is 13.6 Å². The number of ether oxygens (including phenoxy) is 1. The number of amides is 1. The van der Waals surface area contributed by atoms with E-state index in [0.717, 1.165) is 5.82 Å². The standard InChI is InChI=1S/C13H14F2N4O2S/c1-8-17-18-13(22)19(8)7-6-16-11(20)9-2-4-10(5-3-9)21-12(14)15/h2-5,12H,6-7H2,1H3,(H,16,20)(H,18,22). The molecule has 0 bridgehead atoms. The number of rotatable bonds is 6. The summed E-state index contributed by atoms with van der Waals surface area (Å²) in [5.41, 5.74) is 0.356. The Bertz CT molecular complexity index is 697. The van der Waals surface area contributed by atoms with Crippen molar-refractivity contribution in [2.75, 3.05) is 6.54 Å². The number of aromatic amines is 1. The highest BCUT2D eigenvalue weighted by atomic mass is 32.1. The SMILES string of the molecule is Cc1n[nH]c(=S)n1CCNC(=O)c1ccc(OC(F)F)cc1. The molecule has 0 radical (unpaired) electrons. The minimum atomic E-state index is -2.89. The first-order chi connectivity index (χ1) is 10.5. The Balaban J connectivity index is 1.88. The summed E-state index contributed by atoms with van der Waals surface area (Å²) in [7, 11) is 0. The number of hydrogen-bond donors (Lipinski definition) is 2. The summed E-state index contributed by atoms with van der Waals surface area (Å²) in [6.45, 7) is -0.236. The maximum absolute atomic E-state index is 12.0. The highest BCUT2D eigenvalue weighted by molar-refractivity contribution is 7.71. The average Bonchev–Trinajstić information content (AvgIpc) is 2.79. The Morgan fingerprint density at radius 3 is 2.68 bits per heavy atom. The Morgan fingerprint density at radius 1 is 1.45 bits per heavy atom. The largest absolute Gasteiger partial charge is 0.435 e. The van der Waals surface area contributed by atoms with Crippen LogP contribution in [0.5, 0.6) is 5.75 Å². The number of aryl methyl sites for hydroxylation is 1. The van der Waals surface area contributed by atoms with Gasteiger partial charge in [0.2, 0.25) is 0 Å². The van der Waals surface area contributed by atoms with E-state index in [-0.39, 0.29) is 11.7 Å². The molecule has 1 heterocycles. The van der Waals surface area contributed by atoms with Crippen LogP contribution in [0.1, 0.15) is 16.2 Å². The Morgan fingerprint density at radius 2 is 2.14 bits per heavy atom. The van der Waals surface area contributed by atoms with Gasteiger partial charge in [0.05, 0.1) is 0 Å². The van der Waals surface area contributed by atoms with Gasteiger partial charge in [0.25, 0.3) is 5.91 Å². The summed E-state index contributed by atoms with van der Waals surface area (Å²) in [4.78, 5) is 11.9. The van der Waals surface area contributed by atoms with E-state index in [1.807, 2.05) is 0 Å². The van der Waals surface area contributed by atoms with Crippen molar-refractivity contribution in [1.82, 2.24) is 20.1 Å². The molecule has 1 aromatic heterocycles. The van der Waals surface area contributed by atoms with Crippen LogP contribution in [-0.2, 0) is 6.54 Å². The smallest absolute Gasteiger partial charge is 0.387 e. The normalized spacial score (nSPS) is 10.7. The van der Waals surface area contributed by atoms with Gasteiger partial charge in [-0.2, -0.15) is 13.9 Å². The van der Waals surface area contributed by atoms with Crippen LogP contribution in [0.25, 0.3) is 0 Å². The van der Waals surface area contributed by atoms with E-state index in [1.165, 1.54) is 24.3 Å². The summed E-state index contributed by atoms with van der Waals surface area (Å²) in [6, 6.07) is 5.47. The van der Waals surface area contributed by atoms with Gasteiger partial charge in [-0.05, 0) is 43.4 Å². The molecule has 1 aromatic carbocycles. The van der Waals surface area contributed by atoms with Crippen molar-refractivity contribution in [3.63, 3.8) is 0 Å².